The minimum absolute atomic E-state index is 0.145. The van der Waals surface area contributed by atoms with Crippen molar-refractivity contribution < 1.29 is 14.6 Å². The van der Waals surface area contributed by atoms with Crippen LogP contribution in [-0.4, -0.2) is 36.3 Å². The third-order valence-corrected chi connectivity index (χ3v) is 5.56. The molecule has 5 nitrogen and oxygen atoms in total. The Balaban J connectivity index is 1.89. The minimum atomic E-state index is -0.702. The van der Waals surface area contributed by atoms with E-state index in [9.17, 15) is 9.90 Å². The number of amides is 1. The number of aliphatic hydroxyl groups is 1. The molecule has 0 fully saturated rings. The molecule has 0 unspecified atom stereocenters. The molecule has 0 aliphatic heterocycles. The smallest absolute Gasteiger partial charge is 0.217 e. The lowest BCUT2D eigenvalue weighted by atomic mass is 10.0. The van der Waals surface area contributed by atoms with Crippen LogP contribution >= 0.6 is 0 Å². The van der Waals surface area contributed by atoms with Gasteiger partial charge in [0.25, 0.3) is 0 Å². The summed E-state index contributed by atoms with van der Waals surface area (Å²) in [5.74, 6) is 0.692. The molecule has 2 aromatic rings. The van der Waals surface area contributed by atoms with Crippen molar-refractivity contribution in [3.8, 4) is 5.75 Å². The van der Waals surface area contributed by atoms with Crippen LogP contribution < -0.4 is 15.4 Å². The van der Waals surface area contributed by atoms with Gasteiger partial charge in [-0.15, -0.1) is 0 Å². The monoisotopic (exact) mass is 440 g/mol. The van der Waals surface area contributed by atoms with Crippen LogP contribution in [0.5, 0.6) is 5.75 Å². The summed E-state index contributed by atoms with van der Waals surface area (Å²) in [5, 5.41) is 17.0. The van der Waals surface area contributed by atoms with Crippen LogP contribution in [0.4, 0.5) is 0 Å². The Morgan fingerprint density at radius 1 is 1.00 bits per heavy atom. The van der Waals surface area contributed by atoms with Crippen molar-refractivity contribution in [2.24, 2.45) is 0 Å². The van der Waals surface area contributed by atoms with E-state index in [1.807, 2.05) is 24.3 Å². The third kappa shape index (κ3) is 9.84. The summed E-state index contributed by atoms with van der Waals surface area (Å²) in [4.78, 5) is 11.7. The lowest BCUT2D eigenvalue weighted by Crippen LogP contribution is -2.48. The topological polar surface area (TPSA) is 70.6 Å². The van der Waals surface area contributed by atoms with E-state index in [1.54, 1.807) is 0 Å². The van der Waals surface area contributed by atoms with E-state index in [2.05, 4.69) is 48.7 Å². The summed E-state index contributed by atoms with van der Waals surface area (Å²) in [7, 11) is 0. The van der Waals surface area contributed by atoms with Gasteiger partial charge in [0.1, 0.15) is 5.75 Å². The van der Waals surface area contributed by atoms with Gasteiger partial charge in [-0.05, 0) is 48.1 Å². The van der Waals surface area contributed by atoms with Crippen LogP contribution in [0.25, 0.3) is 0 Å². The van der Waals surface area contributed by atoms with Crippen molar-refractivity contribution in [1.29, 1.82) is 0 Å². The fraction of sp³-hybridized carbons (Fsp3) is 0.519. The Morgan fingerprint density at radius 2 is 1.75 bits per heavy atom. The average molecular weight is 441 g/mol. The fourth-order valence-electron chi connectivity index (χ4n) is 3.75. The highest BCUT2D eigenvalue weighted by Gasteiger charge is 2.20. The van der Waals surface area contributed by atoms with Crippen LogP contribution in [0, 0.1) is 0 Å². The van der Waals surface area contributed by atoms with Crippen molar-refractivity contribution in [2.45, 2.75) is 78.0 Å². The van der Waals surface area contributed by atoms with Crippen LogP contribution in [0.1, 0.15) is 63.1 Å². The molecule has 32 heavy (non-hydrogen) atoms. The first-order chi connectivity index (χ1) is 15.5. The van der Waals surface area contributed by atoms with Gasteiger partial charge in [-0.2, -0.15) is 0 Å². The summed E-state index contributed by atoms with van der Waals surface area (Å²) in [6.07, 6.45) is 5.52. The second-order valence-corrected chi connectivity index (χ2v) is 8.44. The maximum Gasteiger partial charge on any atom is 0.217 e. The van der Waals surface area contributed by atoms with Gasteiger partial charge in [0.05, 0.1) is 18.8 Å². The van der Waals surface area contributed by atoms with E-state index in [4.69, 9.17) is 4.74 Å². The van der Waals surface area contributed by atoms with Gasteiger partial charge in [0.2, 0.25) is 5.91 Å². The Kier molecular flexibility index (Phi) is 11.8. The average Bonchev–Trinajstić information content (AvgIpc) is 2.78. The van der Waals surface area contributed by atoms with Crippen LogP contribution in [0.3, 0.4) is 0 Å². The molecule has 0 aliphatic carbocycles. The van der Waals surface area contributed by atoms with E-state index >= 15 is 0 Å². The van der Waals surface area contributed by atoms with Crippen molar-refractivity contribution >= 4 is 5.91 Å². The number of rotatable bonds is 15. The highest BCUT2D eigenvalue weighted by molar-refractivity contribution is 5.73. The molecule has 0 aliphatic rings. The number of aliphatic hydroxyl groups excluding tert-OH is 1. The van der Waals surface area contributed by atoms with Gasteiger partial charge >= 0.3 is 0 Å². The summed E-state index contributed by atoms with van der Waals surface area (Å²) >= 11 is 0. The maximum atomic E-state index is 11.7. The molecule has 0 bridgehead atoms. The molecule has 0 heterocycles. The molecule has 0 aromatic heterocycles. The van der Waals surface area contributed by atoms with Crippen molar-refractivity contribution in [2.75, 3.05) is 13.2 Å². The summed E-state index contributed by atoms with van der Waals surface area (Å²) in [6.45, 7) is 7.61. The number of unbranched alkanes of at least 4 members (excludes halogenated alkanes) is 3. The molecule has 176 valence electrons. The molecular weight excluding hydrogens is 400 g/mol. The lowest BCUT2D eigenvalue weighted by Gasteiger charge is -2.24. The summed E-state index contributed by atoms with van der Waals surface area (Å²) in [5.41, 5.74) is 3.52. The van der Waals surface area contributed by atoms with Gasteiger partial charge in [0, 0.05) is 20.0 Å². The van der Waals surface area contributed by atoms with Crippen molar-refractivity contribution in [1.82, 2.24) is 10.6 Å². The lowest BCUT2D eigenvalue weighted by molar-refractivity contribution is -0.120. The largest absolute Gasteiger partial charge is 0.494 e. The van der Waals surface area contributed by atoms with Gasteiger partial charge in [0.15, 0.2) is 0 Å². The van der Waals surface area contributed by atoms with Crippen LogP contribution in [0.15, 0.2) is 48.5 Å². The van der Waals surface area contributed by atoms with Gasteiger partial charge in [-0.1, -0.05) is 69.5 Å². The molecule has 5 heteroatoms. The molecule has 2 rings (SSSR count). The number of hydrogen-bond acceptors (Lipinski definition) is 4. The normalized spacial score (nSPS) is 12.9. The maximum absolute atomic E-state index is 11.7. The quantitative estimate of drug-likeness (QED) is 0.359. The minimum Gasteiger partial charge on any atom is -0.494 e. The fourth-order valence-corrected chi connectivity index (χ4v) is 3.75. The van der Waals surface area contributed by atoms with Crippen LogP contribution in [-0.2, 0) is 24.2 Å². The molecule has 0 radical (unpaired) electrons. The molecule has 0 spiro atoms. The summed E-state index contributed by atoms with van der Waals surface area (Å²) in [6, 6.07) is 16.0. The molecule has 0 saturated carbocycles. The second-order valence-electron chi connectivity index (χ2n) is 8.44. The molecule has 0 saturated heterocycles. The van der Waals surface area contributed by atoms with Gasteiger partial charge in [-0.25, -0.2) is 0 Å². The Morgan fingerprint density at radius 3 is 2.50 bits per heavy atom. The second kappa shape index (κ2) is 14.6. The Labute approximate surface area is 193 Å². The number of hydrogen-bond donors (Lipinski definition) is 3. The first-order valence-corrected chi connectivity index (χ1v) is 12.0. The molecule has 2 atom stereocenters. The number of benzene rings is 2. The number of aryl methyl sites for hydroxylation is 1. The first kappa shape index (κ1) is 25.9. The zero-order chi connectivity index (χ0) is 23.2. The number of ether oxygens (including phenoxy) is 1. The number of carbonyl (C=O) groups excluding carboxylic acids is 1. The SMILES string of the molecule is CCCCCCOc1cccc(C[C@H](NC(C)=O)[C@H](O)CNCc2cccc(CC)c2)c1. The van der Waals surface area contributed by atoms with E-state index in [-0.39, 0.29) is 11.9 Å². The predicted molar refractivity (Wildman–Crippen MR) is 131 cm³/mol. The first-order valence-electron chi connectivity index (χ1n) is 12.0. The van der Waals surface area contributed by atoms with Crippen molar-refractivity contribution in [3.05, 3.63) is 65.2 Å². The number of carbonyl (C=O) groups is 1. The zero-order valence-electron chi connectivity index (χ0n) is 19.9. The highest BCUT2D eigenvalue weighted by atomic mass is 16.5. The predicted octanol–water partition coefficient (Wildman–Crippen LogP) is 4.41. The highest BCUT2D eigenvalue weighted by Crippen LogP contribution is 2.16. The van der Waals surface area contributed by atoms with E-state index in [1.165, 1.54) is 37.3 Å². The van der Waals surface area contributed by atoms with E-state index in [0.29, 0.717) is 26.1 Å². The molecule has 3 N–H and O–H groups in total. The summed E-state index contributed by atoms with van der Waals surface area (Å²) < 4.78 is 5.89. The Hall–Kier alpha value is -2.37. The third-order valence-electron chi connectivity index (χ3n) is 5.56. The number of nitrogens with one attached hydrogen (secondary N) is 2. The standard InChI is InChI=1S/C27H40N2O3/c1-4-6-7-8-15-32-25-14-10-12-23(17-25)18-26(29-21(3)30)27(31)20-28-19-24-13-9-11-22(5-2)16-24/h9-14,16-17,26-28,31H,4-8,15,18-20H2,1-3H3,(H,29,30)/t26-,27+/m0/s1. The van der Waals surface area contributed by atoms with Gasteiger partial charge in [-0.3, -0.25) is 4.79 Å². The van der Waals surface area contributed by atoms with E-state index < -0.39 is 6.10 Å². The molecule has 2 aromatic carbocycles. The Bertz CT molecular complexity index is 809. The molecule has 1 amide bonds. The van der Waals surface area contributed by atoms with Gasteiger partial charge < -0.3 is 20.5 Å². The van der Waals surface area contributed by atoms with Crippen molar-refractivity contribution in [3.63, 3.8) is 0 Å². The zero-order valence-corrected chi connectivity index (χ0v) is 19.9. The molecular formula is C27H40N2O3. The van der Waals surface area contributed by atoms with E-state index in [0.717, 1.165) is 24.2 Å². The van der Waals surface area contributed by atoms with Crippen LogP contribution in [0.2, 0.25) is 0 Å².